The fourth-order valence-corrected chi connectivity index (χ4v) is 3.52. The number of urea groups is 1. The topological polar surface area (TPSA) is 60.9 Å². The molecule has 128 valence electrons. The number of rotatable bonds is 4. The van der Waals surface area contributed by atoms with Gasteiger partial charge in [0.05, 0.1) is 5.69 Å². The molecule has 2 aliphatic rings. The van der Waals surface area contributed by atoms with Crippen LogP contribution in [0.15, 0.2) is 24.3 Å². The van der Waals surface area contributed by atoms with Crippen molar-refractivity contribution >= 4 is 23.5 Å². The summed E-state index contributed by atoms with van der Waals surface area (Å²) in [6.07, 6.45) is 0.933. The Morgan fingerprint density at radius 3 is 2.58 bits per heavy atom. The van der Waals surface area contributed by atoms with Crippen molar-refractivity contribution in [1.82, 2.24) is 9.80 Å². The Balaban J connectivity index is 1.89. The molecule has 2 aliphatic heterocycles. The summed E-state index contributed by atoms with van der Waals surface area (Å²) in [4.78, 5) is 42.0. The van der Waals surface area contributed by atoms with E-state index in [9.17, 15) is 18.8 Å². The minimum absolute atomic E-state index is 0.134. The van der Waals surface area contributed by atoms with Crippen LogP contribution in [0.25, 0.3) is 0 Å². The Kier molecular flexibility index (Phi) is 4.26. The molecule has 4 amide bonds. The number of anilines is 1. The molecule has 0 aliphatic carbocycles. The minimum atomic E-state index is -0.634. The fourth-order valence-electron chi connectivity index (χ4n) is 3.52. The molecule has 1 aromatic rings. The lowest BCUT2D eigenvalue weighted by Crippen LogP contribution is -2.48. The summed E-state index contributed by atoms with van der Waals surface area (Å²) < 4.78 is 13.4. The Morgan fingerprint density at radius 1 is 1.25 bits per heavy atom. The van der Waals surface area contributed by atoms with Gasteiger partial charge in [0.15, 0.2) is 0 Å². The molecule has 0 saturated carbocycles. The summed E-state index contributed by atoms with van der Waals surface area (Å²) in [5, 5.41) is 0. The summed E-state index contributed by atoms with van der Waals surface area (Å²) in [6, 6.07) is 3.57. The predicted octanol–water partition coefficient (Wildman–Crippen LogP) is 1.99. The molecule has 0 bridgehead atoms. The van der Waals surface area contributed by atoms with Crippen LogP contribution >= 0.6 is 0 Å². The highest BCUT2D eigenvalue weighted by molar-refractivity contribution is 6.22. The molecule has 2 saturated heterocycles. The van der Waals surface area contributed by atoms with Crippen LogP contribution in [0.5, 0.6) is 0 Å². The third kappa shape index (κ3) is 2.44. The minimum Gasteiger partial charge on any atom is -0.341 e. The highest BCUT2D eigenvalue weighted by atomic mass is 19.1. The number of hydrogen-bond acceptors (Lipinski definition) is 3. The molecule has 24 heavy (non-hydrogen) atoms. The number of benzene rings is 1. The zero-order chi connectivity index (χ0) is 17.4. The summed E-state index contributed by atoms with van der Waals surface area (Å²) in [6.45, 7) is 4.87. The number of halogens is 1. The molecule has 0 radical (unpaired) electrons. The normalized spacial score (nSPS) is 23.0. The fraction of sp³-hybridized carbons (Fsp3) is 0.471. The predicted molar refractivity (Wildman–Crippen MR) is 85.9 cm³/mol. The van der Waals surface area contributed by atoms with Crippen LogP contribution in [-0.2, 0) is 9.59 Å². The smallest absolute Gasteiger partial charge is 0.332 e. The molecule has 7 heteroatoms. The lowest BCUT2D eigenvalue weighted by Gasteiger charge is -2.28. The largest absolute Gasteiger partial charge is 0.341 e. The highest BCUT2D eigenvalue weighted by Gasteiger charge is 2.54. The highest BCUT2D eigenvalue weighted by Crippen LogP contribution is 2.35. The quantitative estimate of drug-likeness (QED) is 0.792. The summed E-state index contributed by atoms with van der Waals surface area (Å²) in [5.74, 6) is -1.04. The number of fused-ring (bicyclic) bond motifs is 1. The monoisotopic (exact) mass is 333 g/mol. The molecule has 1 aromatic carbocycles. The van der Waals surface area contributed by atoms with Gasteiger partial charge in [-0.1, -0.05) is 6.07 Å². The second-order valence-electron chi connectivity index (χ2n) is 5.96. The van der Waals surface area contributed by atoms with Crippen LogP contribution in [-0.4, -0.2) is 52.8 Å². The molecule has 0 aromatic heterocycles. The molecular weight excluding hydrogens is 313 g/mol. The van der Waals surface area contributed by atoms with Crippen LogP contribution < -0.4 is 4.90 Å². The van der Waals surface area contributed by atoms with Crippen molar-refractivity contribution < 1.29 is 18.8 Å². The lowest BCUT2D eigenvalue weighted by molar-refractivity contribution is -0.135. The van der Waals surface area contributed by atoms with Gasteiger partial charge in [-0.15, -0.1) is 0 Å². The number of imide groups is 1. The Labute approximate surface area is 139 Å². The molecule has 2 unspecified atom stereocenters. The zero-order valence-electron chi connectivity index (χ0n) is 13.7. The average Bonchev–Trinajstić information content (AvgIpc) is 3.09. The van der Waals surface area contributed by atoms with Gasteiger partial charge in [-0.2, -0.15) is 0 Å². The van der Waals surface area contributed by atoms with E-state index < -0.39 is 23.9 Å². The van der Waals surface area contributed by atoms with Crippen molar-refractivity contribution in [1.29, 1.82) is 0 Å². The molecule has 0 spiro atoms. The first-order valence-electron chi connectivity index (χ1n) is 8.20. The van der Waals surface area contributed by atoms with Crippen molar-refractivity contribution in [3.05, 3.63) is 30.1 Å². The number of nitrogens with zero attached hydrogens (tertiary/aromatic N) is 3. The van der Waals surface area contributed by atoms with Gasteiger partial charge < -0.3 is 4.90 Å². The van der Waals surface area contributed by atoms with Gasteiger partial charge in [0.2, 0.25) is 5.91 Å². The summed E-state index contributed by atoms with van der Waals surface area (Å²) >= 11 is 0. The first kappa shape index (κ1) is 16.4. The third-order valence-electron chi connectivity index (χ3n) is 4.73. The van der Waals surface area contributed by atoms with Gasteiger partial charge in [-0.3, -0.25) is 14.5 Å². The number of carbonyl (C=O) groups is 3. The van der Waals surface area contributed by atoms with Crippen molar-refractivity contribution in [2.45, 2.75) is 38.8 Å². The number of hydrogen-bond donors (Lipinski definition) is 0. The number of likely N-dealkylation sites (N-methyl/N-ethyl adjacent to an activating group) is 1. The zero-order valence-corrected chi connectivity index (χ0v) is 13.7. The van der Waals surface area contributed by atoms with Crippen molar-refractivity contribution in [3.8, 4) is 0 Å². The van der Waals surface area contributed by atoms with E-state index in [2.05, 4.69) is 0 Å². The van der Waals surface area contributed by atoms with E-state index in [-0.39, 0.29) is 17.5 Å². The molecule has 2 heterocycles. The molecule has 2 atom stereocenters. The summed E-state index contributed by atoms with van der Waals surface area (Å²) in [7, 11) is 0. The SMILES string of the molecule is CCN(CC)C(=O)C1CCC2C(=O)N(c3cccc(F)c3)C(=O)N12. The first-order valence-corrected chi connectivity index (χ1v) is 8.20. The maximum Gasteiger partial charge on any atom is 0.332 e. The standard InChI is InChI=1S/C17H20FN3O3/c1-3-19(4-2)15(22)13-8-9-14-16(23)20(17(24)21(13)14)12-7-5-6-11(18)10-12/h5-7,10,13-14H,3-4,8-9H2,1-2H3. The molecule has 6 nitrogen and oxygen atoms in total. The van der Waals surface area contributed by atoms with Gasteiger partial charge in [0.1, 0.15) is 17.9 Å². The second-order valence-corrected chi connectivity index (χ2v) is 5.96. The van der Waals surface area contributed by atoms with E-state index in [1.54, 1.807) is 4.90 Å². The first-order chi connectivity index (χ1) is 11.5. The van der Waals surface area contributed by atoms with Gasteiger partial charge in [0, 0.05) is 13.1 Å². The number of carbonyl (C=O) groups excluding carboxylic acids is 3. The summed E-state index contributed by atoms with van der Waals surface area (Å²) in [5.41, 5.74) is 0.202. The van der Waals surface area contributed by atoms with Gasteiger partial charge in [-0.25, -0.2) is 14.1 Å². The van der Waals surface area contributed by atoms with E-state index in [4.69, 9.17) is 0 Å². The van der Waals surface area contributed by atoms with Crippen molar-refractivity contribution in [3.63, 3.8) is 0 Å². The lowest BCUT2D eigenvalue weighted by atomic mass is 10.1. The van der Waals surface area contributed by atoms with Gasteiger partial charge in [-0.05, 0) is 44.9 Å². The maximum atomic E-state index is 13.4. The number of amides is 4. The molecule has 2 fully saturated rings. The molecular formula is C17H20FN3O3. The van der Waals surface area contributed by atoms with E-state index in [0.717, 1.165) is 11.0 Å². The Morgan fingerprint density at radius 2 is 1.96 bits per heavy atom. The van der Waals surface area contributed by atoms with Crippen molar-refractivity contribution in [2.24, 2.45) is 0 Å². The van der Waals surface area contributed by atoms with Crippen molar-refractivity contribution in [2.75, 3.05) is 18.0 Å². The van der Waals surface area contributed by atoms with Gasteiger partial charge in [0.25, 0.3) is 5.91 Å². The van der Waals surface area contributed by atoms with Crippen LogP contribution in [0.2, 0.25) is 0 Å². The Hall–Kier alpha value is -2.44. The Bertz CT molecular complexity index is 689. The average molecular weight is 333 g/mol. The molecule has 0 N–H and O–H groups in total. The van der Waals surface area contributed by atoms with Crippen LogP contribution in [0.3, 0.4) is 0 Å². The van der Waals surface area contributed by atoms with E-state index in [1.165, 1.54) is 23.1 Å². The van der Waals surface area contributed by atoms with Crippen LogP contribution in [0, 0.1) is 5.82 Å². The van der Waals surface area contributed by atoms with Crippen LogP contribution in [0.4, 0.5) is 14.9 Å². The van der Waals surface area contributed by atoms with E-state index in [0.29, 0.717) is 25.9 Å². The van der Waals surface area contributed by atoms with Gasteiger partial charge >= 0.3 is 6.03 Å². The van der Waals surface area contributed by atoms with Crippen LogP contribution in [0.1, 0.15) is 26.7 Å². The van der Waals surface area contributed by atoms with E-state index in [1.807, 2.05) is 13.8 Å². The second kappa shape index (κ2) is 6.22. The van der Waals surface area contributed by atoms with E-state index >= 15 is 0 Å². The third-order valence-corrected chi connectivity index (χ3v) is 4.73. The molecule has 3 rings (SSSR count). The maximum absolute atomic E-state index is 13.4.